The Morgan fingerprint density at radius 1 is 1.33 bits per heavy atom. The molecule has 1 amide bonds. The van der Waals surface area contributed by atoms with Crippen molar-refractivity contribution in [3.63, 3.8) is 0 Å². The first-order chi connectivity index (χ1) is 13.0. The van der Waals surface area contributed by atoms with Crippen LogP contribution in [0.15, 0.2) is 47.0 Å². The number of rotatable bonds is 6. The van der Waals surface area contributed by atoms with Gasteiger partial charge in [0, 0.05) is 11.5 Å². The summed E-state index contributed by atoms with van der Waals surface area (Å²) in [5.41, 5.74) is 8.38. The average molecular weight is 368 g/mol. The lowest BCUT2D eigenvalue weighted by Gasteiger charge is -2.27. The van der Waals surface area contributed by atoms with Crippen molar-refractivity contribution in [1.29, 1.82) is 5.41 Å². The first-order valence-electron chi connectivity index (χ1n) is 8.73. The molecule has 141 valence electrons. The normalized spacial score (nSPS) is 24.6. The molecule has 1 radical (unpaired) electrons. The lowest BCUT2D eigenvalue weighted by Crippen LogP contribution is -2.44. The SMILES string of the molecule is [CH2]C1C(C(=O)[C@@H]2CCCN2)=CC(C(=N)NOc2ccccc2)=NC1C(N)=O. The number of amides is 1. The Morgan fingerprint density at radius 3 is 2.70 bits per heavy atom. The Hall–Kier alpha value is -3.00. The second-order valence-corrected chi connectivity index (χ2v) is 6.47. The van der Waals surface area contributed by atoms with Gasteiger partial charge < -0.3 is 15.9 Å². The second kappa shape index (κ2) is 8.13. The maximum Gasteiger partial charge on any atom is 0.242 e. The zero-order valence-electron chi connectivity index (χ0n) is 14.8. The molecular formula is C19H22N5O3. The van der Waals surface area contributed by atoms with Crippen LogP contribution in [0.4, 0.5) is 0 Å². The van der Waals surface area contributed by atoms with E-state index in [4.69, 9.17) is 16.0 Å². The molecule has 8 heteroatoms. The second-order valence-electron chi connectivity index (χ2n) is 6.47. The number of hydrogen-bond acceptors (Lipinski definition) is 6. The molecule has 2 aliphatic rings. The molecule has 3 atom stereocenters. The van der Waals surface area contributed by atoms with E-state index in [-0.39, 0.29) is 23.4 Å². The minimum Gasteiger partial charge on any atom is -0.381 e. The molecule has 0 spiro atoms. The van der Waals surface area contributed by atoms with Gasteiger partial charge in [0.25, 0.3) is 0 Å². The minimum absolute atomic E-state index is 0.121. The summed E-state index contributed by atoms with van der Waals surface area (Å²) in [6.45, 7) is 4.69. The Labute approximate surface area is 157 Å². The number of nitrogens with one attached hydrogen (secondary N) is 3. The molecule has 8 nitrogen and oxygen atoms in total. The van der Waals surface area contributed by atoms with E-state index in [0.717, 1.165) is 19.4 Å². The maximum atomic E-state index is 12.8. The average Bonchev–Trinajstić information content (AvgIpc) is 3.21. The van der Waals surface area contributed by atoms with Crippen LogP contribution >= 0.6 is 0 Å². The topological polar surface area (TPSA) is 130 Å². The highest BCUT2D eigenvalue weighted by Gasteiger charge is 2.36. The Kier molecular flexibility index (Phi) is 5.66. The first kappa shape index (κ1) is 18.8. The Morgan fingerprint density at radius 2 is 2.07 bits per heavy atom. The van der Waals surface area contributed by atoms with Crippen LogP contribution in [0, 0.1) is 18.3 Å². The number of hydroxylamine groups is 1. The number of hydrogen-bond donors (Lipinski definition) is 4. The van der Waals surface area contributed by atoms with E-state index in [1.807, 2.05) is 6.07 Å². The van der Waals surface area contributed by atoms with Crippen molar-refractivity contribution >= 4 is 23.2 Å². The van der Waals surface area contributed by atoms with Gasteiger partial charge in [-0.15, -0.1) is 0 Å². The number of benzene rings is 1. The molecule has 1 aromatic carbocycles. The van der Waals surface area contributed by atoms with Crippen LogP contribution in [0.2, 0.25) is 0 Å². The van der Waals surface area contributed by atoms with Gasteiger partial charge in [0.2, 0.25) is 5.91 Å². The largest absolute Gasteiger partial charge is 0.381 e. The predicted octanol–water partition coefficient (Wildman–Crippen LogP) is 0.554. The number of dihydropyridines is 1. The van der Waals surface area contributed by atoms with Crippen molar-refractivity contribution in [2.45, 2.75) is 24.9 Å². The van der Waals surface area contributed by atoms with Crippen molar-refractivity contribution in [2.24, 2.45) is 16.6 Å². The predicted molar refractivity (Wildman–Crippen MR) is 101 cm³/mol. The molecule has 0 bridgehead atoms. The van der Waals surface area contributed by atoms with Crippen molar-refractivity contribution in [3.8, 4) is 5.75 Å². The molecule has 2 aliphatic heterocycles. The third-order valence-corrected chi connectivity index (χ3v) is 4.57. The molecule has 1 fully saturated rings. The van der Waals surface area contributed by atoms with Gasteiger partial charge in [-0.25, -0.2) is 5.48 Å². The molecule has 0 aromatic heterocycles. The fourth-order valence-corrected chi connectivity index (χ4v) is 3.11. The zero-order chi connectivity index (χ0) is 19.4. The van der Waals surface area contributed by atoms with Crippen LogP contribution in [0.1, 0.15) is 12.8 Å². The van der Waals surface area contributed by atoms with Crippen molar-refractivity contribution in [1.82, 2.24) is 10.8 Å². The van der Waals surface area contributed by atoms with Gasteiger partial charge >= 0.3 is 0 Å². The van der Waals surface area contributed by atoms with E-state index >= 15 is 0 Å². The number of ketones is 1. The summed E-state index contributed by atoms with van der Waals surface area (Å²) in [5, 5.41) is 11.3. The summed E-state index contributed by atoms with van der Waals surface area (Å²) >= 11 is 0. The van der Waals surface area contributed by atoms with Crippen molar-refractivity contribution < 1.29 is 14.4 Å². The summed E-state index contributed by atoms with van der Waals surface area (Å²) in [4.78, 5) is 34.1. The highest BCUT2D eigenvalue weighted by atomic mass is 16.6. The molecule has 3 rings (SSSR count). The highest BCUT2D eigenvalue weighted by Crippen LogP contribution is 2.26. The third-order valence-electron chi connectivity index (χ3n) is 4.57. The zero-order valence-corrected chi connectivity index (χ0v) is 14.8. The third kappa shape index (κ3) is 4.22. The summed E-state index contributed by atoms with van der Waals surface area (Å²) in [6, 6.07) is 7.55. The first-order valence-corrected chi connectivity index (χ1v) is 8.73. The van der Waals surface area contributed by atoms with Crippen LogP contribution in [0.25, 0.3) is 0 Å². The summed E-state index contributed by atoms with van der Waals surface area (Å²) in [5.74, 6) is -1.19. The van der Waals surface area contributed by atoms with Crippen molar-refractivity contribution in [2.75, 3.05) is 6.54 Å². The molecule has 1 saturated heterocycles. The number of carbonyl (C=O) groups excluding carboxylic acids is 2. The van der Waals surface area contributed by atoms with Gasteiger partial charge in [0.1, 0.15) is 11.8 Å². The number of para-hydroxylation sites is 1. The lowest BCUT2D eigenvalue weighted by atomic mass is 9.84. The Bertz CT molecular complexity index is 797. The maximum absolute atomic E-state index is 12.8. The molecular weight excluding hydrogens is 346 g/mol. The molecule has 2 heterocycles. The van der Waals surface area contributed by atoms with E-state index < -0.39 is 17.9 Å². The molecule has 0 saturated carbocycles. The molecule has 1 aromatic rings. The number of nitrogens with zero attached hydrogens (tertiary/aromatic N) is 1. The highest BCUT2D eigenvalue weighted by molar-refractivity contribution is 6.45. The van der Waals surface area contributed by atoms with E-state index in [9.17, 15) is 9.59 Å². The standard InChI is InChI=1S/C19H22N5O3/c1-11-13(17(25)14-8-5-9-22-14)10-15(23-16(11)19(21)26)18(20)24-27-12-6-3-2-4-7-12/h2-4,6-7,10-11,14,16,22H,1,5,8-9H2,(H2,20,24)(H2,21,26)/t11?,14-,16?/m0/s1. The van der Waals surface area contributed by atoms with Crippen molar-refractivity contribution in [3.05, 3.63) is 48.9 Å². The van der Waals surface area contributed by atoms with Gasteiger partial charge in [-0.3, -0.25) is 20.0 Å². The van der Waals surface area contributed by atoms with Gasteiger partial charge in [0.15, 0.2) is 17.4 Å². The molecule has 5 N–H and O–H groups in total. The number of amidine groups is 1. The van der Waals surface area contributed by atoms with Crippen LogP contribution in [-0.2, 0) is 9.59 Å². The number of Topliss-reactive ketones (excluding diaryl/α,β-unsaturated/α-hetero) is 1. The number of carbonyl (C=O) groups is 2. The summed E-state index contributed by atoms with van der Waals surface area (Å²) < 4.78 is 0. The van der Waals surface area contributed by atoms with E-state index in [1.165, 1.54) is 6.08 Å². The number of primary amides is 1. The Balaban J connectivity index is 1.80. The van der Waals surface area contributed by atoms with E-state index in [2.05, 4.69) is 22.7 Å². The molecule has 0 aliphatic carbocycles. The van der Waals surface area contributed by atoms with E-state index in [0.29, 0.717) is 11.3 Å². The quantitative estimate of drug-likeness (QED) is 0.331. The van der Waals surface area contributed by atoms with Crippen LogP contribution in [0.3, 0.4) is 0 Å². The molecule has 27 heavy (non-hydrogen) atoms. The fraction of sp³-hybridized carbons (Fsp3) is 0.316. The van der Waals surface area contributed by atoms with E-state index in [1.54, 1.807) is 24.3 Å². The molecule has 2 unspecified atom stereocenters. The van der Waals surface area contributed by atoms with Gasteiger partial charge in [-0.05, 0) is 44.5 Å². The smallest absolute Gasteiger partial charge is 0.242 e. The monoisotopic (exact) mass is 368 g/mol. The van der Waals surface area contributed by atoms with Crippen LogP contribution in [-0.4, -0.2) is 41.9 Å². The summed E-state index contributed by atoms with van der Waals surface area (Å²) in [6.07, 6.45) is 3.13. The van der Waals surface area contributed by atoms with Gasteiger partial charge in [-0.2, -0.15) is 0 Å². The number of nitrogens with two attached hydrogens (primary N) is 1. The van der Waals surface area contributed by atoms with Crippen LogP contribution < -0.4 is 21.4 Å². The summed E-state index contributed by atoms with van der Waals surface area (Å²) in [7, 11) is 0. The number of aliphatic imine (C=N–C) groups is 1. The lowest BCUT2D eigenvalue weighted by molar-refractivity contribution is -0.120. The van der Waals surface area contributed by atoms with Crippen LogP contribution in [0.5, 0.6) is 5.75 Å². The fourth-order valence-electron chi connectivity index (χ4n) is 3.11. The van der Waals surface area contributed by atoms with Gasteiger partial charge in [-0.1, -0.05) is 18.2 Å². The minimum atomic E-state index is -1.01. The van der Waals surface area contributed by atoms with Gasteiger partial charge in [0.05, 0.1) is 6.04 Å².